The molecule has 0 atom stereocenters. The molecule has 0 saturated carbocycles. The van der Waals surface area contributed by atoms with Gasteiger partial charge in [0.2, 0.25) is 0 Å². The van der Waals surface area contributed by atoms with Gasteiger partial charge in [-0.3, -0.25) is 9.11 Å². The molecule has 12 nitrogen and oxygen atoms in total. The molecule has 0 aliphatic carbocycles. The SMILES string of the molecule is O=C(NCCCCCNC(=O)OCCc1ccc(S(=O)(=O)O)cc1)OCCc1ccc(S(=O)(=O)O)cc1. The molecule has 14 heteroatoms. The molecule has 0 heterocycles. The minimum absolute atomic E-state index is 0.110. The van der Waals surface area contributed by atoms with Gasteiger partial charge in [0, 0.05) is 25.9 Å². The maximum atomic E-state index is 11.7. The zero-order valence-electron chi connectivity index (χ0n) is 20.0. The highest BCUT2D eigenvalue weighted by molar-refractivity contribution is 7.86. The van der Waals surface area contributed by atoms with Crippen LogP contribution in [0.1, 0.15) is 30.4 Å². The molecular weight excluding hydrogens is 528 g/mol. The number of rotatable bonds is 14. The van der Waals surface area contributed by atoms with Crippen molar-refractivity contribution < 1.29 is 45.0 Å². The first kappa shape index (κ1) is 30.0. The zero-order valence-corrected chi connectivity index (χ0v) is 21.6. The van der Waals surface area contributed by atoms with E-state index in [1.54, 1.807) is 0 Å². The first-order valence-corrected chi connectivity index (χ1v) is 14.3. The van der Waals surface area contributed by atoms with E-state index in [4.69, 9.17) is 18.6 Å². The number of alkyl carbamates (subject to hydrolysis) is 2. The Hall–Kier alpha value is -3.20. The molecule has 4 N–H and O–H groups in total. The molecule has 0 aromatic heterocycles. The highest BCUT2D eigenvalue weighted by Gasteiger charge is 2.10. The van der Waals surface area contributed by atoms with E-state index in [9.17, 15) is 26.4 Å². The summed E-state index contributed by atoms with van der Waals surface area (Å²) in [7, 11) is -8.47. The van der Waals surface area contributed by atoms with E-state index < -0.39 is 32.4 Å². The van der Waals surface area contributed by atoms with Crippen LogP contribution in [0, 0.1) is 0 Å². The third-order valence-electron chi connectivity index (χ3n) is 5.08. The van der Waals surface area contributed by atoms with Gasteiger partial charge in [0.15, 0.2) is 0 Å². The standard InChI is InChI=1S/C23H30N2O10S2/c26-22(34-16-12-18-4-8-20(9-5-18)36(28,29)30)24-14-2-1-3-15-25-23(27)35-17-13-19-6-10-21(11-7-19)37(31,32)33/h4-11H,1-3,12-17H2,(H,24,26)(H,25,27)(H,28,29,30)(H,31,32,33). The molecule has 0 bridgehead atoms. The number of nitrogens with one attached hydrogen (secondary N) is 2. The van der Waals surface area contributed by atoms with Crippen molar-refractivity contribution in [3.8, 4) is 0 Å². The van der Waals surface area contributed by atoms with Gasteiger partial charge in [-0.1, -0.05) is 24.3 Å². The quantitative estimate of drug-likeness (QED) is 0.198. The van der Waals surface area contributed by atoms with E-state index in [2.05, 4.69) is 10.6 Å². The van der Waals surface area contributed by atoms with E-state index in [0.717, 1.165) is 17.5 Å². The highest BCUT2D eigenvalue weighted by atomic mass is 32.2. The minimum atomic E-state index is -4.24. The second-order valence-electron chi connectivity index (χ2n) is 7.92. The Balaban J connectivity index is 1.46. The van der Waals surface area contributed by atoms with Crippen molar-refractivity contribution in [3.63, 3.8) is 0 Å². The Bertz CT molecular complexity index is 1130. The fourth-order valence-electron chi connectivity index (χ4n) is 3.09. The molecule has 2 aromatic rings. The third-order valence-corrected chi connectivity index (χ3v) is 6.82. The lowest BCUT2D eigenvalue weighted by molar-refractivity contribution is 0.147. The van der Waals surface area contributed by atoms with Crippen LogP contribution in [-0.2, 0) is 42.6 Å². The zero-order chi connectivity index (χ0) is 27.3. The lowest BCUT2D eigenvalue weighted by atomic mass is 10.2. The van der Waals surface area contributed by atoms with Crippen LogP contribution in [0.5, 0.6) is 0 Å². The second-order valence-corrected chi connectivity index (χ2v) is 10.8. The van der Waals surface area contributed by atoms with Crippen molar-refractivity contribution in [2.75, 3.05) is 26.3 Å². The Kier molecular flexibility index (Phi) is 11.8. The predicted molar refractivity (Wildman–Crippen MR) is 132 cm³/mol. The fourth-order valence-corrected chi connectivity index (χ4v) is 4.05. The number of benzene rings is 2. The summed E-state index contributed by atoms with van der Waals surface area (Å²) in [6.45, 7) is 1.03. The van der Waals surface area contributed by atoms with E-state index >= 15 is 0 Å². The summed E-state index contributed by atoms with van der Waals surface area (Å²) in [6, 6.07) is 11.2. The number of carbonyl (C=O) groups is 2. The van der Waals surface area contributed by atoms with Crippen molar-refractivity contribution in [2.24, 2.45) is 0 Å². The Morgan fingerprint density at radius 3 is 1.30 bits per heavy atom. The van der Waals surface area contributed by atoms with E-state index in [1.165, 1.54) is 48.5 Å². The van der Waals surface area contributed by atoms with Crippen molar-refractivity contribution >= 4 is 32.4 Å². The smallest absolute Gasteiger partial charge is 0.407 e. The predicted octanol–water partition coefficient (Wildman–Crippen LogP) is 2.59. The van der Waals surface area contributed by atoms with Crippen LogP contribution < -0.4 is 10.6 Å². The molecule has 0 fully saturated rings. The van der Waals surface area contributed by atoms with Gasteiger partial charge in [-0.2, -0.15) is 16.8 Å². The van der Waals surface area contributed by atoms with Crippen LogP contribution in [0.3, 0.4) is 0 Å². The summed E-state index contributed by atoms with van der Waals surface area (Å²) in [5.41, 5.74) is 1.50. The van der Waals surface area contributed by atoms with E-state index in [-0.39, 0.29) is 23.0 Å². The molecule has 0 radical (unpaired) electrons. The molecule has 37 heavy (non-hydrogen) atoms. The number of hydrogen-bond donors (Lipinski definition) is 4. The molecular formula is C23H30N2O10S2. The Morgan fingerprint density at radius 2 is 0.973 bits per heavy atom. The molecule has 0 saturated heterocycles. The minimum Gasteiger partial charge on any atom is -0.449 e. The normalized spacial score (nSPS) is 11.5. The van der Waals surface area contributed by atoms with Crippen LogP contribution in [0.15, 0.2) is 58.3 Å². The average Bonchev–Trinajstić information content (AvgIpc) is 2.83. The molecule has 2 amide bonds. The fraction of sp³-hybridized carbons (Fsp3) is 0.391. The van der Waals surface area contributed by atoms with Crippen LogP contribution in [0.2, 0.25) is 0 Å². The lowest BCUT2D eigenvalue weighted by Gasteiger charge is -2.08. The van der Waals surface area contributed by atoms with E-state index in [0.29, 0.717) is 38.8 Å². The molecule has 204 valence electrons. The summed E-state index contributed by atoms with van der Waals surface area (Å²) in [5, 5.41) is 5.24. The Labute approximate surface area is 215 Å². The summed E-state index contributed by atoms with van der Waals surface area (Å²) in [5.74, 6) is 0. The van der Waals surface area contributed by atoms with Gasteiger partial charge in [-0.05, 0) is 54.7 Å². The number of ether oxygens (including phenoxy) is 2. The van der Waals surface area contributed by atoms with Crippen molar-refractivity contribution in [3.05, 3.63) is 59.7 Å². The van der Waals surface area contributed by atoms with Crippen LogP contribution >= 0.6 is 0 Å². The topological polar surface area (TPSA) is 185 Å². The first-order chi connectivity index (χ1) is 17.4. The van der Waals surface area contributed by atoms with Crippen molar-refractivity contribution in [2.45, 2.75) is 41.9 Å². The average molecular weight is 559 g/mol. The maximum absolute atomic E-state index is 11.7. The highest BCUT2D eigenvalue weighted by Crippen LogP contribution is 2.11. The molecule has 0 aliphatic rings. The van der Waals surface area contributed by atoms with Gasteiger partial charge >= 0.3 is 12.2 Å². The maximum Gasteiger partial charge on any atom is 0.407 e. The molecule has 0 spiro atoms. The first-order valence-electron chi connectivity index (χ1n) is 11.4. The molecule has 0 aliphatic heterocycles. The largest absolute Gasteiger partial charge is 0.449 e. The van der Waals surface area contributed by atoms with Crippen LogP contribution in [-0.4, -0.2) is 64.4 Å². The monoisotopic (exact) mass is 558 g/mol. The molecule has 2 rings (SSSR count). The number of hydrogen-bond acceptors (Lipinski definition) is 8. The molecule has 2 aromatic carbocycles. The van der Waals surface area contributed by atoms with Gasteiger partial charge in [0.05, 0.1) is 23.0 Å². The van der Waals surface area contributed by atoms with Gasteiger partial charge in [-0.15, -0.1) is 0 Å². The summed E-state index contributed by atoms with van der Waals surface area (Å²) in [4.78, 5) is 23.0. The Morgan fingerprint density at radius 1 is 0.622 bits per heavy atom. The molecule has 0 unspecified atom stereocenters. The number of unbranched alkanes of at least 4 members (excludes halogenated alkanes) is 2. The summed E-state index contributed by atoms with van der Waals surface area (Å²) >= 11 is 0. The van der Waals surface area contributed by atoms with Crippen molar-refractivity contribution in [1.29, 1.82) is 0 Å². The van der Waals surface area contributed by atoms with Crippen LogP contribution in [0.4, 0.5) is 9.59 Å². The van der Waals surface area contributed by atoms with Gasteiger partial charge in [-0.25, -0.2) is 9.59 Å². The van der Waals surface area contributed by atoms with Crippen LogP contribution in [0.25, 0.3) is 0 Å². The number of amides is 2. The van der Waals surface area contributed by atoms with Gasteiger partial charge in [0.25, 0.3) is 20.2 Å². The summed E-state index contributed by atoms with van der Waals surface area (Å²) in [6.07, 6.45) is 1.77. The van der Waals surface area contributed by atoms with Gasteiger partial charge in [0.1, 0.15) is 0 Å². The second kappa shape index (κ2) is 14.5. The number of carbonyl (C=O) groups excluding carboxylic acids is 2. The third kappa shape index (κ3) is 12.1. The lowest BCUT2D eigenvalue weighted by Crippen LogP contribution is -2.27. The summed E-state index contributed by atoms with van der Waals surface area (Å²) < 4.78 is 72.1. The van der Waals surface area contributed by atoms with Crippen molar-refractivity contribution in [1.82, 2.24) is 10.6 Å². The van der Waals surface area contributed by atoms with Gasteiger partial charge < -0.3 is 20.1 Å². The van der Waals surface area contributed by atoms with E-state index in [1.807, 2.05) is 0 Å².